The minimum atomic E-state index is 0.0868. The van der Waals surface area contributed by atoms with E-state index >= 15 is 0 Å². The molecule has 0 amide bonds. The Balaban J connectivity index is 2.52. The van der Waals surface area contributed by atoms with Crippen LogP contribution in [0.15, 0.2) is 17.1 Å². The molecule has 1 aliphatic rings. The van der Waals surface area contributed by atoms with E-state index in [4.69, 9.17) is 5.73 Å². The molecule has 0 saturated carbocycles. The summed E-state index contributed by atoms with van der Waals surface area (Å²) in [6, 6.07) is 0. The van der Waals surface area contributed by atoms with Gasteiger partial charge in [-0.15, -0.1) is 0 Å². The van der Waals surface area contributed by atoms with Crippen molar-refractivity contribution in [1.29, 1.82) is 0 Å². The highest BCUT2D eigenvalue weighted by atomic mass is 14.8. The minimum absolute atomic E-state index is 0.0868. The van der Waals surface area contributed by atoms with Crippen LogP contribution in [0.4, 0.5) is 0 Å². The van der Waals surface area contributed by atoms with Crippen molar-refractivity contribution in [2.45, 2.75) is 25.3 Å². The van der Waals surface area contributed by atoms with Crippen LogP contribution in [0.25, 0.3) is 0 Å². The fourth-order valence-corrected chi connectivity index (χ4v) is 1.14. The van der Waals surface area contributed by atoms with Gasteiger partial charge in [0, 0.05) is 6.21 Å². The van der Waals surface area contributed by atoms with Crippen molar-refractivity contribution in [1.82, 2.24) is 0 Å². The van der Waals surface area contributed by atoms with Crippen LogP contribution in [0, 0.1) is 0 Å². The van der Waals surface area contributed by atoms with Gasteiger partial charge in [0.1, 0.15) is 0 Å². The smallest absolute Gasteiger partial charge is 0.0626 e. The van der Waals surface area contributed by atoms with Crippen LogP contribution in [0.1, 0.15) is 19.8 Å². The van der Waals surface area contributed by atoms with Crippen molar-refractivity contribution < 1.29 is 0 Å². The van der Waals surface area contributed by atoms with Gasteiger partial charge in [-0.1, -0.05) is 6.08 Å². The number of hydrogen-bond donors (Lipinski definition) is 1. The van der Waals surface area contributed by atoms with Gasteiger partial charge in [-0.3, -0.25) is 4.99 Å². The van der Waals surface area contributed by atoms with E-state index < -0.39 is 0 Å². The van der Waals surface area contributed by atoms with Crippen LogP contribution in [-0.4, -0.2) is 18.3 Å². The Morgan fingerprint density at radius 2 is 2.50 bits per heavy atom. The van der Waals surface area contributed by atoms with Crippen LogP contribution in [-0.2, 0) is 0 Å². The maximum atomic E-state index is 5.45. The van der Waals surface area contributed by atoms with E-state index in [1.807, 2.05) is 12.3 Å². The molecule has 0 aliphatic carbocycles. The lowest BCUT2D eigenvalue weighted by atomic mass is 9.93. The summed E-state index contributed by atoms with van der Waals surface area (Å²) in [6.45, 7) is 2.86. The highest BCUT2D eigenvalue weighted by Crippen LogP contribution is 2.21. The summed E-state index contributed by atoms with van der Waals surface area (Å²) in [4.78, 5) is 4.36. The molecule has 2 heteroatoms. The zero-order chi connectivity index (χ0) is 7.45. The molecule has 1 atom stereocenters. The average Bonchev–Trinajstić information content (AvgIpc) is 1.89. The molecule has 0 aromatic rings. The van der Waals surface area contributed by atoms with Gasteiger partial charge in [-0.2, -0.15) is 0 Å². The zero-order valence-electron chi connectivity index (χ0n) is 6.38. The van der Waals surface area contributed by atoms with E-state index in [0.717, 1.165) is 19.4 Å². The first-order valence-corrected chi connectivity index (χ1v) is 3.67. The largest absolute Gasteiger partial charge is 0.330 e. The first-order valence-electron chi connectivity index (χ1n) is 3.67. The minimum Gasteiger partial charge on any atom is -0.330 e. The van der Waals surface area contributed by atoms with Crippen molar-refractivity contribution >= 4 is 6.21 Å². The van der Waals surface area contributed by atoms with Gasteiger partial charge in [0.25, 0.3) is 0 Å². The molecule has 0 radical (unpaired) electrons. The van der Waals surface area contributed by atoms with Crippen LogP contribution in [0.5, 0.6) is 0 Å². The molecule has 2 nitrogen and oxygen atoms in total. The molecule has 10 heavy (non-hydrogen) atoms. The summed E-state index contributed by atoms with van der Waals surface area (Å²) in [6.07, 6.45) is 7.99. The predicted octanol–water partition coefficient (Wildman–Crippen LogP) is 1.12. The zero-order valence-corrected chi connectivity index (χ0v) is 6.38. The Bertz CT molecular complexity index is 161. The van der Waals surface area contributed by atoms with E-state index in [1.165, 1.54) is 0 Å². The van der Waals surface area contributed by atoms with Gasteiger partial charge in [0.05, 0.1) is 5.54 Å². The molecular weight excluding hydrogens is 124 g/mol. The van der Waals surface area contributed by atoms with Crippen molar-refractivity contribution in [3.63, 3.8) is 0 Å². The maximum absolute atomic E-state index is 5.45. The lowest BCUT2D eigenvalue weighted by molar-refractivity contribution is 0.446. The van der Waals surface area contributed by atoms with E-state index in [9.17, 15) is 0 Å². The van der Waals surface area contributed by atoms with Crippen molar-refractivity contribution in [2.24, 2.45) is 10.7 Å². The summed E-state index contributed by atoms with van der Waals surface area (Å²) in [5.41, 5.74) is 5.53. The molecule has 0 aromatic heterocycles. The third-order valence-corrected chi connectivity index (χ3v) is 1.85. The standard InChI is InChI=1S/C8H14N2/c1-8(5-6-9)4-2-3-7-10-8/h2-3,7H,4-6,9H2,1H3/t8-/m0/s1. The Hall–Kier alpha value is -0.630. The number of nitrogens with two attached hydrogens (primary N) is 1. The summed E-state index contributed by atoms with van der Waals surface area (Å²) in [7, 11) is 0. The number of rotatable bonds is 2. The lowest BCUT2D eigenvalue weighted by Gasteiger charge is -2.24. The van der Waals surface area contributed by atoms with Crippen molar-refractivity contribution in [3.8, 4) is 0 Å². The first kappa shape index (κ1) is 7.48. The van der Waals surface area contributed by atoms with Gasteiger partial charge < -0.3 is 5.73 Å². The second kappa shape index (κ2) is 2.97. The fourth-order valence-electron chi connectivity index (χ4n) is 1.14. The van der Waals surface area contributed by atoms with Crippen LogP contribution in [0.2, 0.25) is 0 Å². The number of aliphatic imine (C=N–C) groups is 1. The van der Waals surface area contributed by atoms with Gasteiger partial charge in [0.15, 0.2) is 0 Å². The van der Waals surface area contributed by atoms with E-state index in [0.29, 0.717) is 0 Å². The highest BCUT2D eigenvalue weighted by molar-refractivity contribution is 5.72. The quantitative estimate of drug-likeness (QED) is 0.610. The maximum Gasteiger partial charge on any atom is 0.0626 e. The molecule has 0 bridgehead atoms. The second-order valence-corrected chi connectivity index (χ2v) is 2.95. The first-order chi connectivity index (χ1) is 4.77. The molecule has 1 rings (SSSR count). The van der Waals surface area contributed by atoms with E-state index in [-0.39, 0.29) is 5.54 Å². The normalized spacial score (nSPS) is 31.0. The Labute approximate surface area is 61.8 Å². The third kappa shape index (κ3) is 1.67. The van der Waals surface area contributed by atoms with Gasteiger partial charge in [-0.05, 0) is 32.4 Å². The van der Waals surface area contributed by atoms with Crippen LogP contribution >= 0.6 is 0 Å². The molecule has 0 aromatic carbocycles. The molecule has 1 heterocycles. The molecule has 2 N–H and O–H groups in total. The molecule has 0 saturated heterocycles. The summed E-state index contributed by atoms with van der Waals surface area (Å²) < 4.78 is 0. The molecule has 0 spiro atoms. The number of dihydropyridines is 1. The molecule has 0 fully saturated rings. The van der Waals surface area contributed by atoms with Crippen LogP contribution in [0.3, 0.4) is 0 Å². The third-order valence-electron chi connectivity index (χ3n) is 1.85. The van der Waals surface area contributed by atoms with Gasteiger partial charge >= 0.3 is 0 Å². The monoisotopic (exact) mass is 138 g/mol. The summed E-state index contributed by atoms with van der Waals surface area (Å²) >= 11 is 0. The molecular formula is C8H14N2. The number of allylic oxidation sites excluding steroid dienone is 1. The summed E-state index contributed by atoms with van der Waals surface area (Å²) in [5, 5.41) is 0. The number of hydrogen-bond acceptors (Lipinski definition) is 2. The predicted molar refractivity (Wildman–Crippen MR) is 44.3 cm³/mol. The molecule has 1 aliphatic heterocycles. The fraction of sp³-hybridized carbons (Fsp3) is 0.625. The van der Waals surface area contributed by atoms with Crippen LogP contribution < -0.4 is 5.73 Å². The lowest BCUT2D eigenvalue weighted by Crippen LogP contribution is -2.26. The topological polar surface area (TPSA) is 38.4 Å². The SMILES string of the molecule is C[C@@]1(CCN)CC=CC=N1. The Morgan fingerprint density at radius 1 is 1.70 bits per heavy atom. The van der Waals surface area contributed by atoms with E-state index in [1.54, 1.807) is 0 Å². The van der Waals surface area contributed by atoms with E-state index in [2.05, 4.69) is 18.0 Å². The summed E-state index contributed by atoms with van der Waals surface area (Å²) in [5.74, 6) is 0. The average molecular weight is 138 g/mol. The van der Waals surface area contributed by atoms with Gasteiger partial charge in [0.2, 0.25) is 0 Å². The van der Waals surface area contributed by atoms with Crippen molar-refractivity contribution in [3.05, 3.63) is 12.2 Å². The van der Waals surface area contributed by atoms with Gasteiger partial charge in [-0.25, -0.2) is 0 Å². The van der Waals surface area contributed by atoms with Crippen molar-refractivity contribution in [2.75, 3.05) is 6.54 Å². The Kier molecular flexibility index (Phi) is 2.22. The number of nitrogens with zero attached hydrogens (tertiary/aromatic N) is 1. The molecule has 56 valence electrons. The molecule has 0 unspecified atom stereocenters. The Morgan fingerprint density at radius 3 is 3.00 bits per heavy atom. The second-order valence-electron chi connectivity index (χ2n) is 2.95. The highest BCUT2D eigenvalue weighted by Gasteiger charge is 2.20.